The lowest BCUT2D eigenvalue weighted by atomic mass is 10.0. The molecule has 0 aliphatic heterocycles. The summed E-state index contributed by atoms with van der Waals surface area (Å²) >= 11 is 0. The highest BCUT2D eigenvalue weighted by molar-refractivity contribution is 5.90. The maximum absolute atomic E-state index is 13.5. The maximum Gasteiger partial charge on any atom is 0.328 e. The van der Waals surface area contributed by atoms with Crippen LogP contribution in [0, 0.1) is 5.82 Å². The molecular weight excluding hydrogens is 391 g/mol. The van der Waals surface area contributed by atoms with Crippen molar-refractivity contribution in [3.63, 3.8) is 0 Å². The van der Waals surface area contributed by atoms with E-state index in [1.807, 2.05) is 0 Å². The van der Waals surface area contributed by atoms with Crippen LogP contribution < -0.4 is 15.4 Å². The van der Waals surface area contributed by atoms with Crippen molar-refractivity contribution in [1.29, 1.82) is 0 Å². The molecule has 8 heteroatoms. The van der Waals surface area contributed by atoms with Crippen molar-refractivity contribution in [2.75, 3.05) is 14.2 Å². The summed E-state index contributed by atoms with van der Waals surface area (Å²) in [5.41, 5.74) is 1.24. The SMILES string of the molecule is COC(=O)[C@H](Cc1ccccc1OC)NC(=O)[C@@H](Cc1cccc(F)c1)NC(C)=O. The van der Waals surface area contributed by atoms with E-state index in [4.69, 9.17) is 9.47 Å². The molecular formula is C22H25FN2O5. The van der Waals surface area contributed by atoms with Crippen LogP contribution in [0.2, 0.25) is 0 Å². The Morgan fingerprint density at radius 2 is 1.70 bits per heavy atom. The minimum Gasteiger partial charge on any atom is -0.496 e. The Kier molecular flexibility index (Phi) is 8.34. The molecule has 2 atom stereocenters. The molecule has 2 rings (SSSR count). The van der Waals surface area contributed by atoms with Gasteiger partial charge >= 0.3 is 5.97 Å². The second-order valence-corrected chi connectivity index (χ2v) is 6.69. The van der Waals surface area contributed by atoms with Gasteiger partial charge in [-0.3, -0.25) is 9.59 Å². The van der Waals surface area contributed by atoms with Gasteiger partial charge in [0.1, 0.15) is 23.7 Å². The van der Waals surface area contributed by atoms with Crippen molar-refractivity contribution >= 4 is 17.8 Å². The Morgan fingerprint density at radius 3 is 2.33 bits per heavy atom. The summed E-state index contributed by atoms with van der Waals surface area (Å²) in [4.78, 5) is 36.8. The lowest BCUT2D eigenvalue weighted by Crippen LogP contribution is -2.53. The van der Waals surface area contributed by atoms with E-state index in [0.717, 1.165) is 0 Å². The maximum atomic E-state index is 13.5. The van der Waals surface area contributed by atoms with E-state index in [0.29, 0.717) is 16.9 Å². The Bertz CT molecular complexity index is 903. The molecule has 2 aromatic rings. The van der Waals surface area contributed by atoms with Crippen LogP contribution in [-0.4, -0.2) is 44.1 Å². The van der Waals surface area contributed by atoms with Gasteiger partial charge in [-0.15, -0.1) is 0 Å². The van der Waals surface area contributed by atoms with Gasteiger partial charge in [-0.05, 0) is 29.3 Å². The molecule has 0 unspecified atom stereocenters. The minimum atomic E-state index is -0.998. The van der Waals surface area contributed by atoms with Gasteiger partial charge in [-0.25, -0.2) is 9.18 Å². The summed E-state index contributed by atoms with van der Waals surface area (Å²) in [6.07, 6.45) is 0.195. The van der Waals surface area contributed by atoms with Gasteiger partial charge in [0.2, 0.25) is 11.8 Å². The summed E-state index contributed by atoms with van der Waals surface area (Å²) in [6, 6.07) is 10.9. The predicted octanol–water partition coefficient (Wildman–Crippen LogP) is 1.78. The largest absolute Gasteiger partial charge is 0.496 e. The van der Waals surface area contributed by atoms with Crippen LogP contribution in [0.25, 0.3) is 0 Å². The average molecular weight is 416 g/mol. The van der Waals surface area contributed by atoms with E-state index in [-0.39, 0.29) is 12.8 Å². The summed E-state index contributed by atoms with van der Waals surface area (Å²) in [5.74, 6) is -1.52. The second kappa shape index (κ2) is 10.9. The van der Waals surface area contributed by atoms with Crippen molar-refractivity contribution in [3.05, 3.63) is 65.5 Å². The third-order valence-corrected chi connectivity index (χ3v) is 4.44. The first kappa shape index (κ1) is 22.9. The van der Waals surface area contributed by atoms with Gasteiger partial charge in [-0.2, -0.15) is 0 Å². The third-order valence-electron chi connectivity index (χ3n) is 4.44. The van der Waals surface area contributed by atoms with Crippen molar-refractivity contribution in [2.45, 2.75) is 31.8 Å². The Balaban J connectivity index is 2.21. The zero-order valence-corrected chi connectivity index (χ0v) is 17.1. The standard InChI is InChI=1S/C22H25FN2O5/c1-14(26)24-18(12-15-7-6-9-17(23)11-15)21(27)25-19(22(28)30-3)13-16-8-4-5-10-20(16)29-2/h4-11,18-19H,12-13H2,1-3H3,(H,24,26)(H,25,27)/t18-,19+/m1/s1. The normalized spacial score (nSPS) is 12.4. The van der Waals surface area contributed by atoms with Crippen molar-refractivity contribution in [3.8, 4) is 5.75 Å². The highest BCUT2D eigenvalue weighted by atomic mass is 19.1. The number of carbonyl (C=O) groups is 3. The Hall–Kier alpha value is -3.42. The molecule has 2 amide bonds. The number of hydrogen-bond donors (Lipinski definition) is 2. The van der Waals surface area contributed by atoms with Crippen molar-refractivity contribution in [1.82, 2.24) is 10.6 Å². The molecule has 2 N–H and O–H groups in total. The molecule has 0 bridgehead atoms. The van der Waals surface area contributed by atoms with Crippen LogP contribution >= 0.6 is 0 Å². The molecule has 160 valence electrons. The lowest BCUT2D eigenvalue weighted by Gasteiger charge is -2.22. The fraction of sp³-hybridized carbons (Fsp3) is 0.318. The van der Waals surface area contributed by atoms with Gasteiger partial charge < -0.3 is 20.1 Å². The summed E-state index contributed by atoms with van der Waals surface area (Å²) < 4.78 is 23.6. The van der Waals surface area contributed by atoms with Gasteiger partial charge in [0.05, 0.1) is 14.2 Å². The molecule has 0 aromatic heterocycles. The number of rotatable bonds is 9. The average Bonchev–Trinajstić information content (AvgIpc) is 2.72. The number of ether oxygens (including phenoxy) is 2. The summed E-state index contributed by atoms with van der Waals surface area (Å²) in [6.45, 7) is 1.28. The number of carbonyl (C=O) groups excluding carboxylic acids is 3. The lowest BCUT2D eigenvalue weighted by molar-refractivity contribution is -0.145. The van der Waals surface area contributed by atoms with Gasteiger partial charge in [0.15, 0.2) is 0 Å². The molecule has 7 nitrogen and oxygen atoms in total. The topological polar surface area (TPSA) is 93.7 Å². The number of nitrogens with one attached hydrogen (secondary N) is 2. The Labute approximate surface area is 174 Å². The summed E-state index contributed by atoms with van der Waals surface area (Å²) in [5, 5.41) is 5.18. The van der Waals surface area contributed by atoms with E-state index in [1.54, 1.807) is 30.3 Å². The minimum absolute atomic E-state index is 0.0612. The van der Waals surface area contributed by atoms with E-state index in [1.165, 1.54) is 39.3 Å². The first-order chi connectivity index (χ1) is 14.3. The Morgan fingerprint density at radius 1 is 0.967 bits per heavy atom. The van der Waals surface area contributed by atoms with Gasteiger partial charge in [0.25, 0.3) is 0 Å². The smallest absolute Gasteiger partial charge is 0.328 e. The second-order valence-electron chi connectivity index (χ2n) is 6.69. The van der Waals surface area contributed by atoms with Crippen molar-refractivity contribution < 1.29 is 28.2 Å². The first-order valence-electron chi connectivity index (χ1n) is 9.35. The highest BCUT2D eigenvalue weighted by Gasteiger charge is 2.28. The first-order valence-corrected chi connectivity index (χ1v) is 9.35. The van der Waals surface area contributed by atoms with E-state index >= 15 is 0 Å². The third kappa shape index (κ3) is 6.58. The molecule has 0 aliphatic rings. The van der Waals surface area contributed by atoms with Crippen LogP contribution in [0.3, 0.4) is 0 Å². The summed E-state index contributed by atoms with van der Waals surface area (Å²) in [7, 11) is 2.73. The number of hydrogen-bond acceptors (Lipinski definition) is 5. The molecule has 2 aromatic carbocycles. The number of amides is 2. The van der Waals surface area contributed by atoms with Crippen LogP contribution in [0.1, 0.15) is 18.1 Å². The molecule has 30 heavy (non-hydrogen) atoms. The molecule has 0 aliphatic carbocycles. The van der Waals surface area contributed by atoms with E-state index in [2.05, 4.69) is 10.6 Å². The predicted molar refractivity (Wildman–Crippen MR) is 108 cm³/mol. The molecule has 0 radical (unpaired) electrons. The quantitative estimate of drug-likeness (QED) is 0.608. The van der Waals surface area contributed by atoms with Gasteiger partial charge in [0, 0.05) is 19.8 Å². The van der Waals surface area contributed by atoms with Crippen LogP contribution in [-0.2, 0) is 32.0 Å². The van der Waals surface area contributed by atoms with Crippen LogP contribution in [0.5, 0.6) is 5.75 Å². The zero-order valence-electron chi connectivity index (χ0n) is 17.1. The fourth-order valence-electron chi connectivity index (χ4n) is 3.05. The molecule has 0 spiro atoms. The van der Waals surface area contributed by atoms with E-state index in [9.17, 15) is 18.8 Å². The number of halogens is 1. The van der Waals surface area contributed by atoms with Crippen LogP contribution in [0.15, 0.2) is 48.5 Å². The number of benzene rings is 2. The molecule has 0 saturated carbocycles. The van der Waals surface area contributed by atoms with Gasteiger partial charge in [-0.1, -0.05) is 30.3 Å². The number of para-hydroxylation sites is 1. The highest BCUT2D eigenvalue weighted by Crippen LogP contribution is 2.19. The molecule has 0 heterocycles. The zero-order chi connectivity index (χ0) is 22.1. The number of methoxy groups -OCH3 is 2. The fourth-order valence-corrected chi connectivity index (χ4v) is 3.05. The van der Waals surface area contributed by atoms with E-state index < -0.39 is 35.7 Å². The molecule has 0 saturated heterocycles. The van der Waals surface area contributed by atoms with Crippen LogP contribution in [0.4, 0.5) is 4.39 Å². The molecule has 0 fully saturated rings. The monoisotopic (exact) mass is 416 g/mol. The number of esters is 1. The van der Waals surface area contributed by atoms with Crippen molar-refractivity contribution in [2.24, 2.45) is 0 Å².